The number of nitrogens with zero attached hydrogens (tertiary/aromatic N) is 1. The lowest BCUT2D eigenvalue weighted by molar-refractivity contribution is -0.305. The second-order valence-corrected chi connectivity index (χ2v) is 5.01. The second kappa shape index (κ2) is 7.90. The predicted molar refractivity (Wildman–Crippen MR) is 66.1 cm³/mol. The molecular formula is C9H18N2O2S2. The van der Waals surface area contributed by atoms with Crippen molar-refractivity contribution >= 4 is 34.3 Å². The number of hydrogen-bond donors (Lipinski definition) is 1. The fraction of sp³-hybridized carbons (Fsp3) is 0.778. The van der Waals surface area contributed by atoms with E-state index < -0.39 is 5.97 Å². The van der Waals surface area contributed by atoms with Crippen LogP contribution >= 0.6 is 24.0 Å². The van der Waals surface area contributed by atoms with Crippen LogP contribution in [0.5, 0.6) is 0 Å². The average molecular weight is 250 g/mol. The van der Waals surface area contributed by atoms with Crippen molar-refractivity contribution in [2.75, 3.05) is 18.8 Å². The Bertz CT molecular complexity index is 218. The van der Waals surface area contributed by atoms with Gasteiger partial charge in [0.25, 0.3) is 0 Å². The minimum Gasteiger partial charge on any atom is -0.550 e. The number of aliphatic carboxylic acids is 1. The molecule has 0 unspecified atom stereocenters. The lowest BCUT2D eigenvalue weighted by atomic mass is 10.1. The Kier molecular flexibility index (Phi) is 7.72. The Morgan fingerprint density at radius 3 is 2.47 bits per heavy atom. The molecule has 0 atom stereocenters. The molecule has 0 amide bonds. The predicted octanol–water partition coefficient (Wildman–Crippen LogP) is 1.01. The zero-order valence-electron chi connectivity index (χ0n) is 9.03. The first kappa shape index (κ1) is 14.7. The van der Waals surface area contributed by atoms with E-state index in [1.54, 1.807) is 0 Å². The average Bonchev–Trinajstić information content (AvgIpc) is 2.18. The first-order valence-corrected chi connectivity index (χ1v) is 6.21. The van der Waals surface area contributed by atoms with Gasteiger partial charge in [-0.25, -0.2) is 0 Å². The number of likely N-dealkylation sites (tertiary alicyclic amines) is 1. The highest BCUT2D eigenvalue weighted by molar-refractivity contribution is 8.22. The van der Waals surface area contributed by atoms with E-state index in [0.717, 1.165) is 17.4 Å². The quantitative estimate of drug-likeness (QED) is 0.756. The Hall–Kier alpha value is -0.330. The molecule has 88 valence electrons. The monoisotopic (exact) mass is 250 g/mol. The zero-order chi connectivity index (χ0) is 10.4. The van der Waals surface area contributed by atoms with Crippen molar-refractivity contribution in [2.24, 2.45) is 0 Å². The van der Waals surface area contributed by atoms with E-state index in [1.165, 1.54) is 31.0 Å². The van der Waals surface area contributed by atoms with Crippen molar-refractivity contribution in [1.82, 2.24) is 11.1 Å². The number of rotatable bonds is 3. The molecule has 1 aliphatic rings. The van der Waals surface area contributed by atoms with Gasteiger partial charge in [0.05, 0.1) is 0 Å². The van der Waals surface area contributed by atoms with Gasteiger partial charge in [0.1, 0.15) is 4.32 Å². The second-order valence-electron chi connectivity index (χ2n) is 3.28. The van der Waals surface area contributed by atoms with Crippen molar-refractivity contribution < 1.29 is 9.90 Å². The summed E-state index contributed by atoms with van der Waals surface area (Å²) in [6, 6.07) is 0. The van der Waals surface area contributed by atoms with Crippen molar-refractivity contribution in [2.45, 2.75) is 25.7 Å². The van der Waals surface area contributed by atoms with E-state index in [9.17, 15) is 9.90 Å². The molecule has 0 aliphatic carbocycles. The summed E-state index contributed by atoms with van der Waals surface area (Å²) in [7, 11) is 0. The van der Waals surface area contributed by atoms with Crippen molar-refractivity contribution in [3.05, 3.63) is 0 Å². The molecule has 0 aromatic carbocycles. The lowest BCUT2D eigenvalue weighted by Gasteiger charge is -2.28. The molecule has 1 aliphatic heterocycles. The number of carboxylic acid groups (broad SMARTS) is 1. The van der Waals surface area contributed by atoms with E-state index in [-0.39, 0.29) is 12.6 Å². The Morgan fingerprint density at radius 2 is 1.93 bits per heavy atom. The molecule has 0 aromatic rings. The standard InChI is InChI=1S/C9H15NO2S2.H3N/c11-8(12)4-7-14-9(13)10-5-2-1-3-6-10;/h1-7H2,(H,11,12);1H3. The third-order valence-electron chi connectivity index (χ3n) is 2.15. The molecule has 6 heteroatoms. The molecule has 0 saturated carbocycles. The molecule has 1 fully saturated rings. The summed E-state index contributed by atoms with van der Waals surface area (Å²) in [6.45, 7) is 2.05. The van der Waals surface area contributed by atoms with Crippen LogP contribution in [0.15, 0.2) is 0 Å². The molecule has 4 N–H and O–H groups in total. The fourth-order valence-electron chi connectivity index (χ4n) is 1.39. The van der Waals surface area contributed by atoms with Crippen LogP contribution in [0.1, 0.15) is 25.7 Å². The Labute approximate surface area is 100.0 Å². The van der Waals surface area contributed by atoms with Gasteiger partial charge in [-0.2, -0.15) is 0 Å². The molecule has 1 rings (SSSR count). The number of thiocarbonyl (C=S) groups is 1. The fourth-order valence-corrected chi connectivity index (χ4v) is 2.63. The van der Waals surface area contributed by atoms with Crippen LogP contribution in [-0.4, -0.2) is 34.0 Å². The third-order valence-corrected chi connectivity index (χ3v) is 3.67. The van der Waals surface area contributed by atoms with Gasteiger partial charge >= 0.3 is 0 Å². The molecule has 0 radical (unpaired) electrons. The molecule has 0 bridgehead atoms. The van der Waals surface area contributed by atoms with Gasteiger partial charge in [0.15, 0.2) is 0 Å². The number of thioether (sulfide) groups is 1. The molecule has 0 aromatic heterocycles. The molecule has 4 nitrogen and oxygen atoms in total. The van der Waals surface area contributed by atoms with Crippen LogP contribution in [0.25, 0.3) is 0 Å². The van der Waals surface area contributed by atoms with Crippen LogP contribution in [0, 0.1) is 0 Å². The van der Waals surface area contributed by atoms with Crippen LogP contribution in [0.2, 0.25) is 0 Å². The number of carbonyl (C=O) groups is 1. The van der Waals surface area contributed by atoms with E-state index in [4.69, 9.17) is 12.2 Å². The molecule has 1 saturated heterocycles. The Balaban J connectivity index is 0.00000196. The molecule has 0 spiro atoms. The van der Waals surface area contributed by atoms with Crippen molar-refractivity contribution in [3.63, 3.8) is 0 Å². The maximum absolute atomic E-state index is 10.2. The molecular weight excluding hydrogens is 232 g/mol. The lowest BCUT2D eigenvalue weighted by Crippen LogP contribution is -2.33. The van der Waals surface area contributed by atoms with E-state index in [0.29, 0.717) is 5.75 Å². The van der Waals surface area contributed by atoms with Gasteiger partial charge in [0, 0.05) is 24.8 Å². The van der Waals surface area contributed by atoms with Gasteiger partial charge in [0.2, 0.25) is 0 Å². The summed E-state index contributed by atoms with van der Waals surface area (Å²) in [4.78, 5) is 12.3. The summed E-state index contributed by atoms with van der Waals surface area (Å²) in [5.74, 6) is -0.476. The van der Waals surface area contributed by atoms with Crippen LogP contribution in [-0.2, 0) is 4.79 Å². The number of carboxylic acids is 1. The SMILES string of the molecule is O=C([O-])CCSC(=S)N1CCCCC1.[NH4+]. The third kappa shape index (κ3) is 5.96. The van der Waals surface area contributed by atoms with Crippen LogP contribution in [0.4, 0.5) is 0 Å². The summed E-state index contributed by atoms with van der Waals surface area (Å²) >= 11 is 6.65. The zero-order valence-corrected chi connectivity index (χ0v) is 10.7. The van der Waals surface area contributed by atoms with Crippen LogP contribution < -0.4 is 11.3 Å². The highest BCUT2D eigenvalue weighted by Crippen LogP contribution is 2.16. The van der Waals surface area contributed by atoms with E-state index in [1.807, 2.05) is 0 Å². The van der Waals surface area contributed by atoms with Gasteiger partial charge < -0.3 is 21.0 Å². The number of hydrogen-bond acceptors (Lipinski definition) is 4. The van der Waals surface area contributed by atoms with Gasteiger partial charge in [-0.3, -0.25) is 0 Å². The maximum atomic E-state index is 10.2. The summed E-state index contributed by atoms with van der Waals surface area (Å²) in [5.41, 5.74) is 0. The topological polar surface area (TPSA) is 79.9 Å². The summed E-state index contributed by atoms with van der Waals surface area (Å²) in [5, 5.41) is 10.2. The Morgan fingerprint density at radius 1 is 1.33 bits per heavy atom. The molecule has 15 heavy (non-hydrogen) atoms. The van der Waals surface area contributed by atoms with E-state index >= 15 is 0 Å². The highest BCUT2D eigenvalue weighted by Gasteiger charge is 2.12. The van der Waals surface area contributed by atoms with Crippen molar-refractivity contribution in [3.8, 4) is 0 Å². The highest BCUT2D eigenvalue weighted by atomic mass is 32.2. The van der Waals surface area contributed by atoms with Gasteiger partial charge in [-0.05, 0) is 25.7 Å². The number of piperidine rings is 1. The number of carbonyl (C=O) groups excluding carboxylic acids is 1. The first-order chi connectivity index (χ1) is 6.70. The van der Waals surface area contributed by atoms with Crippen molar-refractivity contribution in [1.29, 1.82) is 0 Å². The maximum Gasteiger partial charge on any atom is 0.136 e. The minimum absolute atomic E-state index is 0. The van der Waals surface area contributed by atoms with E-state index in [2.05, 4.69) is 4.90 Å². The largest absolute Gasteiger partial charge is 0.550 e. The minimum atomic E-state index is -1.00. The molecule has 1 heterocycles. The first-order valence-electron chi connectivity index (χ1n) is 4.81. The number of quaternary nitrogens is 1. The summed E-state index contributed by atoms with van der Waals surface area (Å²) in [6.07, 6.45) is 3.75. The normalized spacial score (nSPS) is 15.6. The van der Waals surface area contributed by atoms with Crippen LogP contribution in [0.3, 0.4) is 0 Å². The van der Waals surface area contributed by atoms with Gasteiger partial charge in [-0.15, -0.1) is 0 Å². The summed E-state index contributed by atoms with van der Waals surface area (Å²) < 4.78 is 0.839. The van der Waals surface area contributed by atoms with Gasteiger partial charge in [-0.1, -0.05) is 24.0 Å². The smallest absolute Gasteiger partial charge is 0.136 e.